The van der Waals surface area contributed by atoms with Crippen molar-refractivity contribution in [3.8, 4) is 5.75 Å². The number of rotatable bonds is 4. The third kappa shape index (κ3) is 2.76. The van der Waals surface area contributed by atoms with Gasteiger partial charge in [-0.25, -0.2) is 4.39 Å². The zero-order valence-corrected chi connectivity index (χ0v) is 10.0. The summed E-state index contributed by atoms with van der Waals surface area (Å²) in [5.41, 5.74) is 0.412. The Bertz CT molecular complexity index is 382. The van der Waals surface area contributed by atoms with E-state index in [1.807, 2.05) is 0 Å². The van der Waals surface area contributed by atoms with Gasteiger partial charge >= 0.3 is 0 Å². The number of nitrogens with one attached hydrogen (secondary N) is 1. The molecule has 1 rings (SSSR count). The first-order chi connectivity index (χ1) is 7.10. The maximum absolute atomic E-state index is 13.3. The molecule has 1 aromatic carbocycles. The Balaban J connectivity index is 3.10. The molecule has 1 N–H and O–H groups in total. The van der Waals surface area contributed by atoms with Crippen LogP contribution in [0.3, 0.4) is 0 Å². The molecule has 5 heteroatoms. The minimum absolute atomic E-state index is 0.0591. The van der Waals surface area contributed by atoms with E-state index in [1.54, 1.807) is 7.05 Å². The Kier molecular flexibility index (Phi) is 4.23. The van der Waals surface area contributed by atoms with Gasteiger partial charge in [0.25, 0.3) is 0 Å². The van der Waals surface area contributed by atoms with Crippen LogP contribution in [0, 0.1) is 5.82 Å². The van der Waals surface area contributed by atoms with Crippen LogP contribution in [0.2, 0.25) is 0 Å². The number of Topliss-reactive ketones (excluding diaryl/α,β-unsaturated/α-hetero) is 1. The van der Waals surface area contributed by atoms with E-state index in [-0.39, 0.29) is 22.6 Å². The molecule has 0 unspecified atom stereocenters. The SMILES string of the molecule is CNCC(=O)c1cc(Br)c(F)c(OC)c1. The van der Waals surface area contributed by atoms with Crippen molar-refractivity contribution in [2.24, 2.45) is 0 Å². The quantitative estimate of drug-likeness (QED) is 0.855. The molecule has 0 bridgehead atoms. The summed E-state index contributed by atoms with van der Waals surface area (Å²) in [7, 11) is 3.03. The summed E-state index contributed by atoms with van der Waals surface area (Å²) in [5.74, 6) is -0.557. The Labute approximate surface area is 95.7 Å². The van der Waals surface area contributed by atoms with Gasteiger partial charge in [0, 0.05) is 5.56 Å². The van der Waals surface area contributed by atoms with Gasteiger partial charge in [0.1, 0.15) is 0 Å². The summed E-state index contributed by atoms with van der Waals surface area (Å²) in [4.78, 5) is 11.5. The van der Waals surface area contributed by atoms with Crippen LogP contribution in [-0.2, 0) is 0 Å². The van der Waals surface area contributed by atoms with Crippen LogP contribution in [0.25, 0.3) is 0 Å². The standard InChI is InChI=1S/C10H11BrFNO2/c1-13-5-8(14)6-3-7(11)10(12)9(4-6)15-2/h3-4,13H,5H2,1-2H3. The molecule has 0 heterocycles. The molecule has 82 valence electrons. The van der Waals surface area contributed by atoms with E-state index in [2.05, 4.69) is 21.2 Å². The molecule has 3 nitrogen and oxygen atoms in total. The van der Waals surface area contributed by atoms with Crippen molar-refractivity contribution >= 4 is 21.7 Å². The number of carbonyl (C=O) groups is 1. The minimum Gasteiger partial charge on any atom is -0.494 e. The molecule has 0 aliphatic heterocycles. The van der Waals surface area contributed by atoms with Crippen molar-refractivity contribution in [2.45, 2.75) is 0 Å². The molecular formula is C10H11BrFNO2. The van der Waals surface area contributed by atoms with Gasteiger partial charge in [-0.1, -0.05) is 0 Å². The summed E-state index contributed by atoms with van der Waals surface area (Å²) in [6.45, 7) is 0.210. The van der Waals surface area contributed by atoms with E-state index in [0.717, 1.165) is 0 Å². The average Bonchev–Trinajstić information content (AvgIpc) is 2.22. The van der Waals surface area contributed by atoms with Crippen LogP contribution in [0.1, 0.15) is 10.4 Å². The molecule has 0 amide bonds. The van der Waals surface area contributed by atoms with E-state index in [9.17, 15) is 9.18 Å². The second-order valence-electron chi connectivity index (χ2n) is 2.93. The van der Waals surface area contributed by atoms with Gasteiger partial charge in [-0.05, 0) is 35.1 Å². The first-order valence-corrected chi connectivity index (χ1v) is 5.10. The van der Waals surface area contributed by atoms with Gasteiger partial charge in [0.2, 0.25) is 0 Å². The molecular weight excluding hydrogens is 265 g/mol. The number of carbonyl (C=O) groups excluding carboxylic acids is 1. The maximum Gasteiger partial charge on any atom is 0.179 e. The fourth-order valence-electron chi connectivity index (χ4n) is 1.14. The van der Waals surface area contributed by atoms with E-state index in [4.69, 9.17) is 4.74 Å². The van der Waals surface area contributed by atoms with E-state index >= 15 is 0 Å². The summed E-state index contributed by atoms with van der Waals surface area (Å²) in [6, 6.07) is 2.83. The third-order valence-corrected chi connectivity index (χ3v) is 2.45. The minimum atomic E-state index is -0.501. The predicted molar refractivity (Wildman–Crippen MR) is 58.9 cm³/mol. The Morgan fingerprint density at radius 3 is 2.80 bits per heavy atom. The van der Waals surface area contributed by atoms with Crippen LogP contribution in [-0.4, -0.2) is 26.5 Å². The first-order valence-electron chi connectivity index (χ1n) is 4.31. The largest absolute Gasteiger partial charge is 0.494 e. The molecule has 0 fully saturated rings. The number of halogens is 2. The van der Waals surface area contributed by atoms with Gasteiger partial charge < -0.3 is 10.1 Å². The van der Waals surface area contributed by atoms with Crippen molar-refractivity contribution in [3.05, 3.63) is 28.0 Å². The first kappa shape index (κ1) is 12.1. The molecule has 0 saturated heterocycles. The van der Waals surface area contributed by atoms with Crippen LogP contribution in [0.15, 0.2) is 16.6 Å². The highest BCUT2D eigenvalue weighted by Crippen LogP contribution is 2.26. The van der Waals surface area contributed by atoms with Gasteiger partial charge in [-0.2, -0.15) is 0 Å². The van der Waals surface area contributed by atoms with Crippen LogP contribution >= 0.6 is 15.9 Å². The van der Waals surface area contributed by atoms with Gasteiger partial charge in [-0.3, -0.25) is 4.79 Å². The molecule has 0 aliphatic rings. The predicted octanol–water partition coefficient (Wildman–Crippen LogP) is 2.00. The fourth-order valence-corrected chi connectivity index (χ4v) is 1.58. The lowest BCUT2D eigenvalue weighted by Crippen LogP contribution is -2.18. The second-order valence-corrected chi connectivity index (χ2v) is 3.78. The van der Waals surface area contributed by atoms with E-state index in [1.165, 1.54) is 19.2 Å². The van der Waals surface area contributed by atoms with Crippen molar-refractivity contribution in [1.29, 1.82) is 0 Å². The van der Waals surface area contributed by atoms with Crippen LogP contribution in [0.4, 0.5) is 4.39 Å². The number of ketones is 1. The molecule has 0 spiro atoms. The normalized spacial score (nSPS) is 10.1. The van der Waals surface area contributed by atoms with Crippen molar-refractivity contribution < 1.29 is 13.9 Å². The highest BCUT2D eigenvalue weighted by atomic mass is 79.9. The molecule has 1 aromatic rings. The maximum atomic E-state index is 13.3. The van der Waals surface area contributed by atoms with Gasteiger partial charge in [-0.15, -0.1) is 0 Å². The monoisotopic (exact) mass is 275 g/mol. The highest BCUT2D eigenvalue weighted by Gasteiger charge is 2.13. The smallest absolute Gasteiger partial charge is 0.179 e. The van der Waals surface area contributed by atoms with Crippen molar-refractivity contribution in [2.75, 3.05) is 20.7 Å². The topological polar surface area (TPSA) is 38.3 Å². The number of methoxy groups -OCH3 is 1. The number of benzene rings is 1. The van der Waals surface area contributed by atoms with E-state index in [0.29, 0.717) is 5.56 Å². The summed E-state index contributed by atoms with van der Waals surface area (Å²) in [5, 5.41) is 2.74. The molecule has 0 radical (unpaired) electrons. The zero-order valence-electron chi connectivity index (χ0n) is 8.43. The lowest BCUT2D eigenvalue weighted by molar-refractivity contribution is 0.0993. The average molecular weight is 276 g/mol. The number of hydrogen-bond donors (Lipinski definition) is 1. The van der Waals surface area contributed by atoms with E-state index < -0.39 is 5.82 Å². The van der Waals surface area contributed by atoms with Gasteiger partial charge in [0.05, 0.1) is 18.1 Å². The van der Waals surface area contributed by atoms with Crippen LogP contribution < -0.4 is 10.1 Å². The van der Waals surface area contributed by atoms with Gasteiger partial charge in [0.15, 0.2) is 17.3 Å². The third-order valence-electron chi connectivity index (χ3n) is 1.87. The summed E-state index contributed by atoms with van der Waals surface area (Å²) >= 11 is 3.03. The fraction of sp³-hybridized carbons (Fsp3) is 0.300. The Hall–Kier alpha value is -0.940. The number of hydrogen-bond acceptors (Lipinski definition) is 3. The van der Waals surface area contributed by atoms with Crippen molar-refractivity contribution in [1.82, 2.24) is 5.32 Å². The number of likely N-dealkylation sites (N-methyl/N-ethyl adjacent to an activating group) is 1. The summed E-state index contributed by atoms with van der Waals surface area (Å²) < 4.78 is 18.4. The lowest BCUT2D eigenvalue weighted by Gasteiger charge is -2.06. The molecule has 0 aliphatic carbocycles. The zero-order chi connectivity index (χ0) is 11.4. The molecule has 0 saturated carbocycles. The molecule has 0 aromatic heterocycles. The number of ether oxygens (including phenoxy) is 1. The molecule has 15 heavy (non-hydrogen) atoms. The van der Waals surface area contributed by atoms with Crippen molar-refractivity contribution in [3.63, 3.8) is 0 Å². The Morgan fingerprint density at radius 1 is 1.60 bits per heavy atom. The second kappa shape index (κ2) is 5.23. The molecule has 0 atom stereocenters. The summed E-state index contributed by atoms with van der Waals surface area (Å²) in [6.07, 6.45) is 0. The Morgan fingerprint density at radius 2 is 2.27 bits per heavy atom. The van der Waals surface area contributed by atoms with Crippen LogP contribution in [0.5, 0.6) is 5.75 Å². The highest BCUT2D eigenvalue weighted by molar-refractivity contribution is 9.10. The lowest BCUT2D eigenvalue weighted by atomic mass is 10.1.